The van der Waals surface area contributed by atoms with Crippen LogP contribution < -0.4 is 11.1 Å². The summed E-state index contributed by atoms with van der Waals surface area (Å²) in [4.78, 5) is 17.2. The van der Waals surface area contributed by atoms with Crippen LogP contribution in [0.25, 0.3) is 5.65 Å². The smallest absolute Gasteiger partial charge is 0.251 e. The second-order valence-electron chi connectivity index (χ2n) is 8.88. The molecule has 0 aliphatic heterocycles. The van der Waals surface area contributed by atoms with E-state index in [0.717, 1.165) is 11.2 Å². The fraction of sp³-hybridized carbons (Fsp3) is 0.0667. The van der Waals surface area contributed by atoms with Gasteiger partial charge in [0.2, 0.25) is 0 Å². The van der Waals surface area contributed by atoms with Gasteiger partial charge in [0.15, 0.2) is 9.84 Å². The zero-order chi connectivity index (χ0) is 27.4. The number of nitrogen functional groups attached to an aromatic ring is 1. The average molecular weight is 539 g/mol. The average Bonchev–Trinajstić information content (AvgIpc) is 3.39. The molecule has 0 saturated carbocycles. The fourth-order valence-electron chi connectivity index (χ4n) is 4.04. The van der Waals surface area contributed by atoms with Crippen molar-refractivity contribution in [1.29, 1.82) is 0 Å². The van der Waals surface area contributed by atoms with Gasteiger partial charge in [0.1, 0.15) is 11.5 Å². The SMILES string of the molecule is Nc1cccc(CS(=O)(=O)c2ccc(C(=O)NCc3ccn4ccnc4c3)cc2C#Cc2ccc(F)cc2)c1. The monoisotopic (exact) mass is 538 g/mol. The van der Waals surface area contributed by atoms with Gasteiger partial charge in [-0.05, 0) is 77.9 Å². The van der Waals surface area contributed by atoms with E-state index >= 15 is 0 Å². The summed E-state index contributed by atoms with van der Waals surface area (Å²) in [6.07, 6.45) is 5.37. The maximum absolute atomic E-state index is 13.4. The molecule has 0 atom stereocenters. The van der Waals surface area contributed by atoms with Crippen LogP contribution in [0.3, 0.4) is 0 Å². The number of rotatable bonds is 6. The number of hydrogen-bond donors (Lipinski definition) is 2. The molecule has 2 aromatic heterocycles. The van der Waals surface area contributed by atoms with Crippen LogP contribution in [0.4, 0.5) is 10.1 Å². The Morgan fingerprint density at radius 3 is 2.56 bits per heavy atom. The molecule has 1 amide bonds. The van der Waals surface area contributed by atoms with E-state index in [1.807, 2.05) is 28.9 Å². The van der Waals surface area contributed by atoms with Gasteiger partial charge in [-0.1, -0.05) is 24.0 Å². The third kappa shape index (κ3) is 6.14. The summed E-state index contributed by atoms with van der Waals surface area (Å²) in [5.74, 6) is 4.66. The van der Waals surface area contributed by atoms with Gasteiger partial charge in [0, 0.05) is 47.5 Å². The maximum atomic E-state index is 13.4. The highest BCUT2D eigenvalue weighted by Gasteiger charge is 2.21. The summed E-state index contributed by atoms with van der Waals surface area (Å²) in [5.41, 5.74) is 9.34. The fourth-order valence-corrected chi connectivity index (χ4v) is 5.53. The van der Waals surface area contributed by atoms with Gasteiger partial charge in [0.25, 0.3) is 5.91 Å². The van der Waals surface area contributed by atoms with E-state index in [-0.39, 0.29) is 34.2 Å². The number of hydrogen-bond acceptors (Lipinski definition) is 5. The number of fused-ring (bicyclic) bond motifs is 1. The minimum Gasteiger partial charge on any atom is -0.399 e. The Hall–Kier alpha value is -4.94. The molecular weight excluding hydrogens is 515 g/mol. The van der Waals surface area contributed by atoms with E-state index in [2.05, 4.69) is 22.1 Å². The number of carbonyl (C=O) groups is 1. The Bertz CT molecular complexity index is 1850. The highest BCUT2D eigenvalue weighted by Crippen LogP contribution is 2.23. The Balaban J connectivity index is 1.45. The van der Waals surface area contributed by atoms with Gasteiger partial charge in [-0.2, -0.15) is 0 Å². The van der Waals surface area contributed by atoms with Crippen LogP contribution in [0.1, 0.15) is 32.6 Å². The zero-order valence-corrected chi connectivity index (χ0v) is 21.5. The summed E-state index contributed by atoms with van der Waals surface area (Å²) in [6, 6.07) is 20.2. The lowest BCUT2D eigenvalue weighted by Crippen LogP contribution is -2.23. The van der Waals surface area contributed by atoms with E-state index in [4.69, 9.17) is 5.73 Å². The minimum absolute atomic E-state index is 0.0131. The van der Waals surface area contributed by atoms with Crippen LogP contribution >= 0.6 is 0 Å². The quantitative estimate of drug-likeness (QED) is 0.247. The van der Waals surface area contributed by atoms with Gasteiger partial charge >= 0.3 is 0 Å². The molecule has 3 aromatic carbocycles. The molecule has 2 heterocycles. The number of halogens is 1. The van der Waals surface area contributed by atoms with E-state index in [0.29, 0.717) is 16.8 Å². The number of anilines is 1. The Kier molecular flexibility index (Phi) is 7.12. The van der Waals surface area contributed by atoms with Crippen molar-refractivity contribution in [3.05, 3.63) is 131 Å². The van der Waals surface area contributed by atoms with Gasteiger partial charge in [-0.25, -0.2) is 17.8 Å². The number of amides is 1. The third-order valence-corrected chi connectivity index (χ3v) is 7.73. The number of sulfone groups is 1. The summed E-state index contributed by atoms with van der Waals surface area (Å²) in [6.45, 7) is 0.258. The molecule has 3 N–H and O–H groups in total. The number of nitrogens with zero attached hydrogens (tertiary/aromatic N) is 2. The van der Waals surface area contributed by atoms with Crippen LogP contribution in [-0.2, 0) is 22.1 Å². The Labute approximate surface area is 225 Å². The van der Waals surface area contributed by atoms with Gasteiger partial charge in [-0.3, -0.25) is 4.79 Å². The summed E-state index contributed by atoms with van der Waals surface area (Å²) in [5, 5.41) is 2.85. The molecule has 0 aliphatic carbocycles. The lowest BCUT2D eigenvalue weighted by Gasteiger charge is -2.11. The van der Waals surface area contributed by atoms with Gasteiger partial charge in [-0.15, -0.1) is 0 Å². The van der Waals surface area contributed by atoms with Crippen molar-refractivity contribution in [2.24, 2.45) is 0 Å². The van der Waals surface area contributed by atoms with Crippen molar-refractivity contribution in [2.75, 3.05) is 5.73 Å². The molecule has 9 heteroatoms. The maximum Gasteiger partial charge on any atom is 0.251 e. The van der Waals surface area contributed by atoms with Crippen LogP contribution in [0.2, 0.25) is 0 Å². The minimum atomic E-state index is -3.84. The molecule has 39 heavy (non-hydrogen) atoms. The standard InChI is InChI=1S/C30H23FN4O3S/c31-26-9-5-21(6-10-26)4-7-24-18-25(30(36)34-19-22-12-14-35-15-13-33-29(35)17-22)8-11-28(24)39(37,38)20-23-2-1-3-27(32)16-23/h1-3,5-6,8-18H,19-20,32H2,(H,34,36). The molecule has 0 saturated heterocycles. The van der Waals surface area contributed by atoms with E-state index in [9.17, 15) is 17.6 Å². The lowest BCUT2D eigenvalue weighted by molar-refractivity contribution is 0.0950. The highest BCUT2D eigenvalue weighted by atomic mass is 32.2. The van der Waals surface area contributed by atoms with Crippen molar-refractivity contribution in [1.82, 2.24) is 14.7 Å². The van der Waals surface area contributed by atoms with Crippen LogP contribution in [0.5, 0.6) is 0 Å². The van der Waals surface area contributed by atoms with Gasteiger partial charge in [0.05, 0.1) is 10.6 Å². The molecule has 0 fully saturated rings. The van der Waals surface area contributed by atoms with E-state index in [1.165, 1.54) is 42.5 Å². The van der Waals surface area contributed by atoms with Crippen LogP contribution in [0, 0.1) is 17.7 Å². The first-order valence-corrected chi connectivity index (χ1v) is 13.6. The topological polar surface area (TPSA) is 107 Å². The number of aromatic nitrogens is 2. The van der Waals surface area contributed by atoms with E-state index in [1.54, 1.807) is 30.5 Å². The first-order valence-electron chi connectivity index (χ1n) is 12.0. The number of nitrogens with two attached hydrogens (primary N) is 1. The predicted molar refractivity (Wildman–Crippen MR) is 147 cm³/mol. The number of carbonyl (C=O) groups excluding carboxylic acids is 1. The molecular formula is C30H23FN4O3S. The lowest BCUT2D eigenvalue weighted by atomic mass is 10.1. The zero-order valence-electron chi connectivity index (χ0n) is 20.6. The molecule has 0 spiro atoms. The molecule has 0 bridgehead atoms. The number of benzene rings is 3. The Morgan fingerprint density at radius 2 is 1.77 bits per heavy atom. The normalized spacial score (nSPS) is 11.1. The second-order valence-corrected chi connectivity index (χ2v) is 10.8. The number of imidazole rings is 1. The first kappa shape index (κ1) is 25.7. The van der Waals surface area contributed by atoms with Crippen molar-refractivity contribution in [2.45, 2.75) is 17.2 Å². The van der Waals surface area contributed by atoms with Crippen molar-refractivity contribution < 1.29 is 17.6 Å². The third-order valence-electron chi connectivity index (χ3n) is 5.99. The largest absolute Gasteiger partial charge is 0.399 e. The van der Waals surface area contributed by atoms with E-state index < -0.39 is 15.7 Å². The molecule has 0 aliphatic rings. The van der Waals surface area contributed by atoms with Gasteiger partial charge < -0.3 is 15.5 Å². The van der Waals surface area contributed by atoms with Crippen LogP contribution in [-0.4, -0.2) is 23.7 Å². The molecule has 5 rings (SSSR count). The molecule has 0 unspecified atom stereocenters. The van der Waals surface area contributed by atoms with Crippen molar-refractivity contribution >= 4 is 27.1 Å². The Morgan fingerprint density at radius 1 is 0.949 bits per heavy atom. The molecule has 7 nitrogen and oxygen atoms in total. The number of nitrogens with one attached hydrogen (secondary N) is 1. The summed E-state index contributed by atoms with van der Waals surface area (Å²) in [7, 11) is -3.84. The second kappa shape index (κ2) is 10.8. The summed E-state index contributed by atoms with van der Waals surface area (Å²) >= 11 is 0. The van der Waals surface area contributed by atoms with Crippen molar-refractivity contribution in [3.63, 3.8) is 0 Å². The predicted octanol–water partition coefficient (Wildman–Crippen LogP) is 4.36. The van der Waals surface area contributed by atoms with Crippen LogP contribution in [0.15, 0.2) is 102 Å². The highest BCUT2D eigenvalue weighted by molar-refractivity contribution is 7.90. The van der Waals surface area contributed by atoms with Crippen molar-refractivity contribution in [3.8, 4) is 11.8 Å². The first-order chi connectivity index (χ1) is 18.8. The molecule has 5 aromatic rings. The summed E-state index contributed by atoms with van der Waals surface area (Å²) < 4.78 is 42.0. The molecule has 194 valence electrons. The number of pyridine rings is 1. The molecule has 0 radical (unpaired) electrons.